The first-order valence-corrected chi connectivity index (χ1v) is 6.95. The number of ether oxygens (including phenoxy) is 1. The number of carbonyl (C=O) groups is 1. The number of likely N-dealkylation sites (tertiary alicyclic amines) is 1. The summed E-state index contributed by atoms with van der Waals surface area (Å²) >= 11 is 0. The van der Waals surface area contributed by atoms with E-state index in [1.165, 1.54) is 12.8 Å². The monoisotopic (exact) mass is 273 g/mol. The average Bonchev–Trinajstić information content (AvgIpc) is 2.74. The Labute approximate surface area is 119 Å². The summed E-state index contributed by atoms with van der Waals surface area (Å²) in [6.45, 7) is 1.64. The molecule has 0 bridgehead atoms. The predicted molar refractivity (Wildman–Crippen MR) is 76.6 cm³/mol. The Morgan fingerprint density at radius 3 is 2.75 bits per heavy atom. The number of rotatable bonds is 3. The normalized spacial score (nSPS) is 15.1. The van der Waals surface area contributed by atoms with Crippen molar-refractivity contribution in [1.29, 1.82) is 5.26 Å². The lowest BCUT2D eigenvalue weighted by Crippen LogP contribution is -2.35. The average molecular weight is 273 g/mol. The number of hydrogen-bond acceptors (Lipinski definition) is 3. The molecule has 0 radical (unpaired) electrons. The second-order valence-electron chi connectivity index (χ2n) is 4.81. The largest absolute Gasteiger partial charge is 0.479 e. The maximum atomic E-state index is 12.2. The van der Waals surface area contributed by atoms with Gasteiger partial charge in [-0.1, -0.05) is 18.9 Å². The molecule has 5 nitrogen and oxygen atoms in total. The molecule has 0 saturated carbocycles. The van der Waals surface area contributed by atoms with E-state index in [4.69, 9.17) is 10.00 Å². The van der Waals surface area contributed by atoms with Crippen molar-refractivity contribution in [2.24, 2.45) is 0 Å². The van der Waals surface area contributed by atoms with Gasteiger partial charge < -0.3 is 15.0 Å². The molecule has 1 aromatic rings. The standard InChI is InChI=1S/C15H19N3O2/c16-8-11-20-14-7-5-6-13(12-14)17-15(19)18-9-3-1-2-4-10-18/h5-7,12H,1-4,9-11H2,(H,17,19). The zero-order valence-corrected chi connectivity index (χ0v) is 11.5. The van der Waals surface area contributed by atoms with Gasteiger partial charge in [0.2, 0.25) is 0 Å². The number of amides is 2. The molecule has 1 aliphatic heterocycles. The van der Waals surface area contributed by atoms with Crippen molar-refractivity contribution in [3.63, 3.8) is 0 Å². The van der Waals surface area contributed by atoms with E-state index in [1.54, 1.807) is 18.2 Å². The van der Waals surface area contributed by atoms with Gasteiger partial charge in [-0.3, -0.25) is 0 Å². The highest BCUT2D eigenvalue weighted by Gasteiger charge is 2.15. The van der Waals surface area contributed by atoms with E-state index < -0.39 is 0 Å². The maximum absolute atomic E-state index is 12.2. The van der Waals surface area contributed by atoms with Gasteiger partial charge in [-0.15, -0.1) is 0 Å². The molecule has 1 fully saturated rings. The molecule has 1 aromatic carbocycles. The molecule has 1 saturated heterocycles. The fraction of sp³-hybridized carbons (Fsp3) is 0.467. The summed E-state index contributed by atoms with van der Waals surface area (Å²) in [5.74, 6) is 0.584. The highest BCUT2D eigenvalue weighted by Crippen LogP contribution is 2.18. The molecule has 0 aliphatic carbocycles. The molecule has 5 heteroatoms. The molecule has 1 aliphatic rings. The number of urea groups is 1. The maximum Gasteiger partial charge on any atom is 0.321 e. The molecule has 1 N–H and O–H groups in total. The zero-order valence-electron chi connectivity index (χ0n) is 11.5. The van der Waals surface area contributed by atoms with E-state index in [9.17, 15) is 4.79 Å². The fourth-order valence-corrected chi connectivity index (χ4v) is 2.26. The molecule has 2 rings (SSSR count). The second kappa shape index (κ2) is 7.39. The molecular weight excluding hydrogens is 254 g/mol. The molecule has 20 heavy (non-hydrogen) atoms. The minimum atomic E-state index is -0.0654. The first-order chi connectivity index (χ1) is 9.79. The lowest BCUT2D eigenvalue weighted by Gasteiger charge is -2.20. The van der Waals surface area contributed by atoms with Crippen LogP contribution in [0.2, 0.25) is 0 Å². The van der Waals surface area contributed by atoms with E-state index >= 15 is 0 Å². The van der Waals surface area contributed by atoms with E-state index in [0.717, 1.165) is 25.9 Å². The first-order valence-electron chi connectivity index (χ1n) is 6.95. The van der Waals surface area contributed by atoms with Crippen molar-refractivity contribution in [2.45, 2.75) is 25.7 Å². The van der Waals surface area contributed by atoms with Gasteiger partial charge in [0.15, 0.2) is 6.61 Å². The van der Waals surface area contributed by atoms with Gasteiger partial charge in [-0.05, 0) is 25.0 Å². The summed E-state index contributed by atoms with van der Waals surface area (Å²) in [7, 11) is 0. The number of anilines is 1. The quantitative estimate of drug-likeness (QED) is 0.920. The predicted octanol–water partition coefficient (Wildman–Crippen LogP) is 3.00. The van der Waals surface area contributed by atoms with Gasteiger partial charge in [0.25, 0.3) is 0 Å². The number of nitrogens with zero attached hydrogens (tertiary/aromatic N) is 2. The minimum Gasteiger partial charge on any atom is -0.479 e. The van der Waals surface area contributed by atoms with Crippen LogP contribution in [0.1, 0.15) is 25.7 Å². The van der Waals surface area contributed by atoms with E-state index in [1.807, 2.05) is 17.0 Å². The van der Waals surface area contributed by atoms with Crippen LogP contribution in [0, 0.1) is 11.3 Å². The summed E-state index contributed by atoms with van der Waals surface area (Å²) in [4.78, 5) is 14.0. The van der Waals surface area contributed by atoms with Gasteiger partial charge >= 0.3 is 6.03 Å². The van der Waals surface area contributed by atoms with Crippen LogP contribution in [0.3, 0.4) is 0 Å². The second-order valence-corrected chi connectivity index (χ2v) is 4.81. The van der Waals surface area contributed by atoms with Crippen molar-refractivity contribution < 1.29 is 9.53 Å². The highest BCUT2D eigenvalue weighted by molar-refractivity contribution is 5.89. The van der Waals surface area contributed by atoms with Crippen LogP contribution >= 0.6 is 0 Å². The minimum absolute atomic E-state index is 0.00350. The molecule has 0 atom stereocenters. The molecular formula is C15H19N3O2. The van der Waals surface area contributed by atoms with Crippen molar-refractivity contribution in [3.8, 4) is 11.8 Å². The van der Waals surface area contributed by atoms with Crippen LogP contribution in [0.4, 0.5) is 10.5 Å². The molecule has 0 spiro atoms. The van der Waals surface area contributed by atoms with Crippen molar-refractivity contribution in [1.82, 2.24) is 4.90 Å². The zero-order chi connectivity index (χ0) is 14.2. The Hall–Kier alpha value is -2.22. The molecule has 0 aromatic heterocycles. The lowest BCUT2D eigenvalue weighted by molar-refractivity contribution is 0.214. The third kappa shape index (κ3) is 4.16. The van der Waals surface area contributed by atoms with E-state index in [-0.39, 0.29) is 12.6 Å². The van der Waals surface area contributed by atoms with Crippen LogP contribution in [0.25, 0.3) is 0 Å². The van der Waals surface area contributed by atoms with Gasteiger partial charge in [0.1, 0.15) is 11.8 Å². The van der Waals surface area contributed by atoms with Crippen molar-refractivity contribution in [3.05, 3.63) is 24.3 Å². The Bertz CT molecular complexity index is 488. The summed E-state index contributed by atoms with van der Waals surface area (Å²) in [5.41, 5.74) is 0.690. The molecule has 0 unspecified atom stereocenters. The Morgan fingerprint density at radius 1 is 1.30 bits per heavy atom. The number of nitriles is 1. The van der Waals surface area contributed by atoms with E-state index in [2.05, 4.69) is 5.32 Å². The Morgan fingerprint density at radius 2 is 2.05 bits per heavy atom. The van der Waals surface area contributed by atoms with Crippen LogP contribution < -0.4 is 10.1 Å². The van der Waals surface area contributed by atoms with Crippen molar-refractivity contribution in [2.75, 3.05) is 25.0 Å². The number of nitrogens with one attached hydrogen (secondary N) is 1. The molecule has 2 amide bonds. The summed E-state index contributed by atoms with van der Waals surface area (Å²) < 4.78 is 5.22. The highest BCUT2D eigenvalue weighted by atomic mass is 16.5. The van der Waals surface area contributed by atoms with Gasteiger partial charge in [-0.2, -0.15) is 5.26 Å². The molecule has 106 valence electrons. The Kier molecular flexibility index (Phi) is 5.24. The number of hydrogen-bond donors (Lipinski definition) is 1. The van der Waals surface area contributed by atoms with Gasteiger partial charge in [-0.25, -0.2) is 4.79 Å². The first kappa shape index (κ1) is 14.2. The summed E-state index contributed by atoms with van der Waals surface area (Å²) in [6, 6.07) is 8.95. The fourth-order valence-electron chi connectivity index (χ4n) is 2.26. The van der Waals surface area contributed by atoms with Crippen LogP contribution in [0.15, 0.2) is 24.3 Å². The Balaban J connectivity index is 1.94. The van der Waals surface area contributed by atoms with Crippen molar-refractivity contribution >= 4 is 11.7 Å². The summed E-state index contributed by atoms with van der Waals surface area (Å²) in [5, 5.41) is 11.4. The van der Waals surface area contributed by atoms with Crippen LogP contribution in [-0.2, 0) is 0 Å². The molecule has 1 heterocycles. The topological polar surface area (TPSA) is 65.4 Å². The smallest absolute Gasteiger partial charge is 0.321 e. The lowest BCUT2D eigenvalue weighted by atomic mass is 10.2. The van der Waals surface area contributed by atoms with Gasteiger partial charge in [0, 0.05) is 24.8 Å². The van der Waals surface area contributed by atoms with Gasteiger partial charge in [0.05, 0.1) is 0 Å². The summed E-state index contributed by atoms with van der Waals surface area (Å²) in [6.07, 6.45) is 4.53. The third-order valence-electron chi connectivity index (χ3n) is 3.28. The third-order valence-corrected chi connectivity index (χ3v) is 3.28. The number of carbonyl (C=O) groups excluding carboxylic acids is 1. The van der Waals surface area contributed by atoms with Crippen LogP contribution in [0.5, 0.6) is 5.75 Å². The SMILES string of the molecule is N#CCOc1cccc(NC(=O)N2CCCCCC2)c1. The number of benzene rings is 1. The van der Waals surface area contributed by atoms with E-state index in [0.29, 0.717) is 11.4 Å². The van der Waals surface area contributed by atoms with Crippen LogP contribution in [-0.4, -0.2) is 30.6 Å².